The number of nitrogens with zero attached hydrogens (tertiary/aromatic N) is 4. The second kappa shape index (κ2) is 11.2. The van der Waals surface area contributed by atoms with Gasteiger partial charge < -0.3 is 4.57 Å². The van der Waals surface area contributed by atoms with E-state index in [1.807, 2.05) is 42.5 Å². The van der Waals surface area contributed by atoms with Crippen LogP contribution in [-0.2, 0) is 0 Å². The number of fused-ring (bicyclic) bond motifs is 9. The molecule has 238 valence electrons. The molecule has 0 spiro atoms. The van der Waals surface area contributed by atoms with Gasteiger partial charge in [-0.15, -0.1) is 22.7 Å². The summed E-state index contributed by atoms with van der Waals surface area (Å²) in [6, 6.07) is 41.5. The van der Waals surface area contributed by atoms with Crippen molar-refractivity contribution in [3.63, 3.8) is 0 Å². The molecule has 7 aromatic carbocycles. The molecule has 0 fully saturated rings. The van der Waals surface area contributed by atoms with Gasteiger partial charge in [0.1, 0.15) is 0 Å². The maximum absolute atomic E-state index is 8.80. The van der Waals surface area contributed by atoms with E-state index in [-0.39, 0.29) is 29.9 Å². The highest BCUT2D eigenvalue weighted by Gasteiger charge is 2.18. The van der Waals surface area contributed by atoms with E-state index < -0.39 is 6.04 Å². The topological polar surface area (TPSA) is 43.6 Å². The molecule has 0 atom stereocenters. The third-order valence-electron chi connectivity index (χ3n) is 9.55. The molecule has 0 aliphatic rings. The van der Waals surface area contributed by atoms with E-state index in [2.05, 4.69) is 84.9 Å². The molecular weight excluding hydrogens is 661 g/mol. The van der Waals surface area contributed by atoms with Crippen LogP contribution in [0.4, 0.5) is 0 Å². The number of benzene rings is 7. The molecule has 0 aliphatic heterocycles. The molecule has 0 saturated carbocycles. The van der Waals surface area contributed by atoms with Gasteiger partial charge in [-0.3, -0.25) is 0 Å². The normalized spacial score (nSPS) is 13.3. The molecule has 0 radical (unpaired) electrons. The van der Waals surface area contributed by atoms with Crippen molar-refractivity contribution < 1.29 is 6.85 Å². The van der Waals surface area contributed by atoms with Crippen molar-refractivity contribution in [1.82, 2.24) is 19.5 Å². The predicted octanol–water partition coefficient (Wildman–Crippen LogP) is 12.7. The standard InChI is InChI=1S/C45H26N4S2/c1-2-10-30(11-3-1)49-37-15-7-4-12-31(37)35-24-27(19-22-38(35)49)43-46-44(28-20-23-41-36(25-28)33-14-6-9-17-40(33)50-41)48-45(47-43)29-18-21-34-32-13-5-8-16-39(32)51-42(34)26-29/h1-26H/i1D,2D,3D,10D,11D. The Morgan fingerprint density at radius 3 is 1.67 bits per heavy atom. The zero-order valence-electron chi connectivity index (χ0n) is 31.7. The van der Waals surface area contributed by atoms with Gasteiger partial charge in [-0.2, -0.15) is 0 Å². The lowest BCUT2D eigenvalue weighted by Crippen LogP contribution is -2.00. The van der Waals surface area contributed by atoms with Gasteiger partial charge in [0, 0.05) is 73.5 Å². The second-order valence-electron chi connectivity index (χ2n) is 12.5. The van der Waals surface area contributed by atoms with E-state index in [9.17, 15) is 0 Å². The maximum atomic E-state index is 8.80. The third kappa shape index (κ3) is 4.54. The minimum Gasteiger partial charge on any atom is -0.309 e. The lowest BCUT2D eigenvalue weighted by molar-refractivity contribution is 1.08. The lowest BCUT2D eigenvalue weighted by Gasteiger charge is -2.10. The van der Waals surface area contributed by atoms with Crippen LogP contribution in [0.5, 0.6) is 0 Å². The molecule has 0 unspecified atom stereocenters. The van der Waals surface area contributed by atoms with Gasteiger partial charge >= 0.3 is 0 Å². The molecule has 0 aliphatic carbocycles. The summed E-state index contributed by atoms with van der Waals surface area (Å²) >= 11 is 3.52. The molecule has 0 bridgehead atoms. The Hall–Kier alpha value is -6.21. The Bertz CT molecular complexity index is 3430. The summed E-state index contributed by atoms with van der Waals surface area (Å²) in [7, 11) is 0. The molecule has 11 aromatic rings. The third-order valence-corrected chi connectivity index (χ3v) is 11.8. The molecular formula is C45H26N4S2. The predicted molar refractivity (Wildman–Crippen MR) is 216 cm³/mol. The highest BCUT2D eigenvalue weighted by Crippen LogP contribution is 2.39. The van der Waals surface area contributed by atoms with Crippen molar-refractivity contribution in [1.29, 1.82) is 0 Å². The molecule has 4 heterocycles. The maximum Gasteiger partial charge on any atom is 0.164 e. The number of hydrogen-bond acceptors (Lipinski definition) is 5. The van der Waals surface area contributed by atoms with Crippen LogP contribution in [0, 0.1) is 0 Å². The first-order chi connectivity index (χ1) is 27.3. The minimum absolute atomic E-state index is 0.104. The smallest absolute Gasteiger partial charge is 0.164 e. The molecule has 6 heteroatoms. The van der Waals surface area contributed by atoms with Crippen molar-refractivity contribution in [3.05, 3.63) is 158 Å². The van der Waals surface area contributed by atoms with Gasteiger partial charge in [0.15, 0.2) is 17.5 Å². The van der Waals surface area contributed by atoms with Crippen LogP contribution < -0.4 is 0 Å². The fraction of sp³-hybridized carbons (Fsp3) is 0. The molecule has 0 N–H and O–H groups in total. The highest BCUT2D eigenvalue weighted by atomic mass is 32.1. The molecule has 11 rings (SSSR count). The van der Waals surface area contributed by atoms with Crippen molar-refractivity contribution in [2.24, 2.45) is 0 Å². The summed E-state index contributed by atoms with van der Waals surface area (Å²) in [5, 5.41) is 6.48. The Morgan fingerprint density at radius 2 is 0.922 bits per heavy atom. The Balaban J connectivity index is 1.14. The van der Waals surface area contributed by atoms with E-state index in [4.69, 9.17) is 21.8 Å². The van der Waals surface area contributed by atoms with Crippen molar-refractivity contribution >= 4 is 84.8 Å². The first-order valence-electron chi connectivity index (χ1n) is 19.0. The monoisotopic (exact) mass is 691 g/mol. The van der Waals surface area contributed by atoms with Gasteiger partial charge in [-0.1, -0.05) is 84.9 Å². The van der Waals surface area contributed by atoms with E-state index >= 15 is 0 Å². The van der Waals surface area contributed by atoms with Crippen LogP contribution in [0.3, 0.4) is 0 Å². The quantitative estimate of drug-likeness (QED) is 0.184. The highest BCUT2D eigenvalue weighted by molar-refractivity contribution is 7.26. The van der Waals surface area contributed by atoms with E-state index in [1.165, 1.54) is 30.3 Å². The first-order valence-corrected chi connectivity index (χ1v) is 18.2. The molecule has 4 nitrogen and oxygen atoms in total. The average Bonchev–Trinajstić information content (AvgIpc) is 3.91. The van der Waals surface area contributed by atoms with E-state index in [0.29, 0.717) is 23.0 Å². The van der Waals surface area contributed by atoms with Crippen LogP contribution in [0.15, 0.2) is 158 Å². The zero-order chi connectivity index (χ0) is 37.8. The minimum atomic E-state index is -0.425. The fourth-order valence-electron chi connectivity index (χ4n) is 7.20. The number of thiophene rings is 2. The Labute approximate surface area is 307 Å². The summed E-state index contributed by atoms with van der Waals surface area (Å²) < 4.78 is 49.1. The number of para-hydroxylation sites is 2. The summed E-state index contributed by atoms with van der Waals surface area (Å²) in [6.45, 7) is 0. The van der Waals surface area contributed by atoms with Crippen LogP contribution in [0.2, 0.25) is 0 Å². The molecule has 4 aromatic heterocycles. The van der Waals surface area contributed by atoms with Gasteiger partial charge in [-0.05, 0) is 72.7 Å². The number of hydrogen-bond donors (Lipinski definition) is 0. The van der Waals surface area contributed by atoms with E-state index in [1.54, 1.807) is 27.2 Å². The van der Waals surface area contributed by atoms with Crippen LogP contribution in [0.1, 0.15) is 6.85 Å². The van der Waals surface area contributed by atoms with Gasteiger partial charge in [-0.25, -0.2) is 15.0 Å². The van der Waals surface area contributed by atoms with Gasteiger partial charge in [0.05, 0.1) is 17.9 Å². The molecule has 51 heavy (non-hydrogen) atoms. The fourth-order valence-corrected chi connectivity index (χ4v) is 9.43. The van der Waals surface area contributed by atoms with Crippen molar-refractivity contribution in [2.75, 3.05) is 0 Å². The van der Waals surface area contributed by atoms with Crippen LogP contribution in [0.25, 0.3) is 102 Å². The Kier molecular flexibility index (Phi) is 5.25. The SMILES string of the molecule is [2H]c1c([2H])c([2H])c(-n2c3ccccc3c3cc(-c4nc(-c5ccc6c(c5)sc5ccccc56)nc(-c5ccc6sc7ccccc7c6c5)n4)ccc32)c([2H])c1[2H]. The molecule has 0 saturated heterocycles. The van der Waals surface area contributed by atoms with Crippen molar-refractivity contribution in [2.45, 2.75) is 0 Å². The largest absolute Gasteiger partial charge is 0.309 e. The second-order valence-corrected chi connectivity index (χ2v) is 14.7. The lowest BCUT2D eigenvalue weighted by atomic mass is 10.1. The van der Waals surface area contributed by atoms with Gasteiger partial charge in [0.25, 0.3) is 0 Å². The first kappa shape index (κ1) is 24.0. The number of rotatable bonds is 4. The van der Waals surface area contributed by atoms with Crippen molar-refractivity contribution in [3.8, 4) is 39.9 Å². The summed E-state index contributed by atoms with van der Waals surface area (Å²) in [6.07, 6.45) is 0. The van der Waals surface area contributed by atoms with Gasteiger partial charge in [0.2, 0.25) is 0 Å². The number of aromatic nitrogens is 4. The summed E-state index contributed by atoms with van der Waals surface area (Å²) in [4.78, 5) is 15.4. The summed E-state index contributed by atoms with van der Waals surface area (Å²) in [5.41, 5.74) is 4.06. The van der Waals surface area contributed by atoms with E-state index in [0.717, 1.165) is 43.1 Å². The van der Waals surface area contributed by atoms with Crippen LogP contribution in [-0.4, -0.2) is 19.5 Å². The average molecular weight is 692 g/mol. The zero-order valence-corrected chi connectivity index (χ0v) is 28.4. The van der Waals surface area contributed by atoms with Crippen LogP contribution >= 0.6 is 22.7 Å². The summed E-state index contributed by atoms with van der Waals surface area (Å²) in [5.74, 6) is 1.61. The molecule has 0 amide bonds. The Morgan fingerprint density at radius 1 is 0.412 bits per heavy atom.